The predicted octanol–water partition coefficient (Wildman–Crippen LogP) is -0.671. The van der Waals surface area contributed by atoms with Gasteiger partial charge in [0.25, 0.3) is 0 Å². The molecule has 0 saturated heterocycles. The lowest BCUT2D eigenvalue weighted by Gasteiger charge is -2.28. The average molecular weight is 279 g/mol. The molecule has 3 atom stereocenters. The first kappa shape index (κ1) is 18.3. The summed E-state index contributed by atoms with van der Waals surface area (Å²) in [4.78, 5) is 10.5. The van der Waals surface area contributed by atoms with Crippen LogP contribution in [0.5, 0.6) is 0 Å². The summed E-state index contributed by atoms with van der Waals surface area (Å²) in [5.74, 6) is -1.01. The van der Waals surface area contributed by atoms with Crippen LogP contribution in [0.4, 0.5) is 0 Å². The second kappa shape index (κ2) is 10.1. The number of aliphatic hydroxyl groups excluding tert-OH is 2. The highest BCUT2D eigenvalue weighted by Gasteiger charge is 2.26. The highest BCUT2D eigenvalue weighted by Crippen LogP contribution is 2.15. The standard InChI is InChI=1S/C12H25NO6/c1-8(7-14)19-12(9(2)11(16)17)18-6-4-3-5-10(13)15/h8-9,11-12,14,16-17H,3-7H2,1-2H3,(H2,13,15). The van der Waals surface area contributed by atoms with Gasteiger partial charge in [0.15, 0.2) is 12.6 Å². The molecule has 0 saturated carbocycles. The largest absolute Gasteiger partial charge is 0.394 e. The summed E-state index contributed by atoms with van der Waals surface area (Å²) >= 11 is 0. The highest BCUT2D eigenvalue weighted by molar-refractivity contribution is 5.73. The van der Waals surface area contributed by atoms with E-state index in [0.717, 1.165) is 0 Å². The zero-order chi connectivity index (χ0) is 14.8. The summed E-state index contributed by atoms with van der Waals surface area (Å²) in [5, 5.41) is 27.2. The zero-order valence-electron chi connectivity index (χ0n) is 11.5. The smallest absolute Gasteiger partial charge is 0.217 e. The lowest BCUT2D eigenvalue weighted by atomic mass is 10.1. The number of hydrogen-bond acceptors (Lipinski definition) is 6. The van der Waals surface area contributed by atoms with Crippen molar-refractivity contribution in [1.29, 1.82) is 0 Å². The van der Waals surface area contributed by atoms with E-state index in [-0.39, 0.29) is 12.5 Å². The van der Waals surface area contributed by atoms with Crippen LogP contribution in [0.25, 0.3) is 0 Å². The Bertz CT molecular complexity index is 248. The Kier molecular flexibility index (Phi) is 9.72. The van der Waals surface area contributed by atoms with Gasteiger partial charge in [0.05, 0.1) is 18.6 Å². The topological polar surface area (TPSA) is 122 Å². The van der Waals surface area contributed by atoms with Crippen LogP contribution in [0.15, 0.2) is 0 Å². The molecule has 0 aliphatic rings. The number of rotatable bonds is 11. The van der Waals surface area contributed by atoms with E-state index in [9.17, 15) is 4.79 Å². The molecular formula is C12H25NO6. The number of unbranched alkanes of at least 4 members (excludes halogenated alkanes) is 1. The lowest BCUT2D eigenvalue weighted by molar-refractivity contribution is -0.237. The first-order valence-electron chi connectivity index (χ1n) is 6.40. The summed E-state index contributed by atoms with van der Waals surface area (Å²) in [7, 11) is 0. The summed E-state index contributed by atoms with van der Waals surface area (Å²) in [6.07, 6.45) is -1.34. The summed E-state index contributed by atoms with van der Waals surface area (Å²) in [6.45, 7) is 3.35. The van der Waals surface area contributed by atoms with E-state index in [2.05, 4.69) is 0 Å². The first-order chi connectivity index (χ1) is 8.88. The predicted molar refractivity (Wildman–Crippen MR) is 67.8 cm³/mol. The van der Waals surface area contributed by atoms with Gasteiger partial charge in [-0.05, 0) is 19.8 Å². The molecule has 0 aliphatic heterocycles. The van der Waals surface area contributed by atoms with E-state index < -0.39 is 24.6 Å². The van der Waals surface area contributed by atoms with Crippen LogP contribution >= 0.6 is 0 Å². The number of carbonyl (C=O) groups excluding carboxylic acids is 1. The highest BCUT2D eigenvalue weighted by atomic mass is 16.7. The van der Waals surface area contributed by atoms with Crippen LogP contribution in [0.1, 0.15) is 33.1 Å². The van der Waals surface area contributed by atoms with Crippen molar-refractivity contribution >= 4 is 5.91 Å². The Morgan fingerprint density at radius 1 is 1.26 bits per heavy atom. The zero-order valence-corrected chi connectivity index (χ0v) is 11.5. The maximum atomic E-state index is 10.5. The summed E-state index contributed by atoms with van der Waals surface area (Å²) in [5.41, 5.74) is 5.01. The van der Waals surface area contributed by atoms with Crippen molar-refractivity contribution in [1.82, 2.24) is 0 Å². The van der Waals surface area contributed by atoms with Crippen molar-refractivity contribution in [2.45, 2.75) is 51.8 Å². The van der Waals surface area contributed by atoms with Gasteiger partial charge in [-0.3, -0.25) is 4.79 Å². The van der Waals surface area contributed by atoms with Crippen LogP contribution < -0.4 is 5.73 Å². The van der Waals surface area contributed by atoms with Gasteiger partial charge in [0, 0.05) is 13.0 Å². The summed E-state index contributed by atoms with van der Waals surface area (Å²) in [6, 6.07) is 0. The number of amides is 1. The van der Waals surface area contributed by atoms with Crippen molar-refractivity contribution in [3.8, 4) is 0 Å². The number of aliphatic hydroxyl groups is 3. The molecule has 114 valence electrons. The molecule has 0 aromatic heterocycles. The number of ether oxygens (including phenoxy) is 2. The molecule has 0 radical (unpaired) electrons. The van der Waals surface area contributed by atoms with E-state index in [4.69, 9.17) is 30.5 Å². The fourth-order valence-electron chi connectivity index (χ4n) is 1.33. The van der Waals surface area contributed by atoms with E-state index in [0.29, 0.717) is 25.9 Å². The summed E-state index contributed by atoms with van der Waals surface area (Å²) < 4.78 is 10.8. The molecule has 5 N–H and O–H groups in total. The van der Waals surface area contributed by atoms with Crippen molar-refractivity contribution in [2.75, 3.05) is 13.2 Å². The van der Waals surface area contributed by atoms with E-state index in [1.54, 1.807) is 13.8 Å². The van der Waals surface area contributed by atoms with Crippen LogP contribution in [0, 0.1) is 5.92 Å². The Morgan fingerprint density at radius 2 is 1.89 bits per heavy atom. The van der Waals surface area contributed by atoms with Crippen molar-refractivity contribution in [3.63, 3.8) is 0 Å². The van der Waals surface area contributed by atoms with Crippen molar-refractivity contribution in [3.05, 3.63) is 0 Å². The Hall–Kier alpha value is -0.730. The van der Waals surface area contributed by atoms with E-state index in [1.807, 2.05) is 0 Å². The van der Waals surface area contributed by atoms with Crippen LogP contribution in [-0.4, -0.2) is 53.1 Å². The molecule has 7 nitrogen and oxygen atoms in total. The molecule has 7 heteroatoms. The third-order valence-corrected chi connectivity index (χ3v) is 2.62. The van der Waals surface area contributed by atoms with Gasteiger partial charge in [-0.2, -0.15) is 0 Å². The molecule has 3 unspecified atom stereocenters. The Labute approximate surface area is 113 Å². The van der Waals surface area contributed by atoms with E-state index in [1.165, 1.54) is 0 Å². The second-order valence-corrected chi connectivity index (χ2v) is 4.56. The fourth-order valence-corrected chi connectivity index (χ4v) is 1.33. The normalized spacial score (nSPS) is 16.3. The van der Waals surface area contributed by atoms with Crippen molar-refractivity contribution in [2.24, 2.45) is 11.7 Å². The van der Waals surface area contributed by atoms with Crippen LogP contribution in [-0.2, 0) is 14.3 Å². The maximum Gasteiger partial charge on any atom is 0.217 e. The molecule has 0 heterocycles. The molecular weight excluding hydrogens is 254 g/mol. The van der Waals surface area contributed by atoms with Gasteiger partial charge in [0.2, 0.25) is 5.91 Å². The van der Waals surface area contributed by atoms with Gasteiger partial charge in [-0.25, -0.2) is 0 Å². The molecule has 0 fully saturated rings. The second-order valence-electron chi connectivity index (χ2n) is 4.56. The first-order valence-corrected chi connectivity index (χ1v) is 6.40. The number of nitrogens with two attached hydrogens (primary N) is 1. The molecule has 0 aromatic rings. The van der Waals surface area contributed by atoms with Crippen LogP contribution in [0.3, 0.4) is 0 Å². The maximum absolute atomic E-state index is 10.5. The third kappa shape index (κ3) is 8.90. The number of hydrogen-bond donors (Lipinski definition) is 4. The van der Waals surface area contributed by atoms with Gasteiger partial charge < -0.3 is 30.5 Å². The van der Waals surface area contributed by atoms with Gasteiger partial charge in [-0.1, -0.05) is 6.92 Å². The number of carbonyl (C=O) groups is 1. The molecule has 0 aromatic carbocycles. The molecule has 0 rings (SSSR count). The minimum absolute atomic E-state index is 0.185. The molecule has 1 amide bonds. The van der Waals surface area contributed by atoms with Gasteiger partial charge in [0.1, 0.15) is 0 Å². The fraction of sp³-hybridized carbons (Fsp3) is 0.917. The minimum Gasteiger partial charge on any atom is -0.394 e. The quantitative estimate of drug-likeness (QED) is 0.294. The SMILES string of the molecule is CC(CO)OC(OCCCCC(N)=O)C(C)C(O)O. The number of primary amides is 1. The Balaban J connectivity index is 4.08. The van der Waals surface area contributed by atoms with Crippen molar-refractivity contribution < 1.29 is 29.6 Å². The molecule has 0 aliphatic carbocycles. The van der Waals surface area contributed by atoms with Gasteiger partial charge in [-0.15, -0.1) is 0 Å². The van der Waals surface area contributed by atoms with E-state index >= 15 is 0 Å². The molecule has 19 heavy (non-hydrogen) atoms. The van der Waals surface area contributed by atoms with Gasteiger partial charge >= 0.3 is 0 Å². The molecule has 0 bridgehead atoms. The monoisotopic (exact) mass is 279 g/mol. The Morgan fingerprint density at radius 3 is 2.37 bits per heavy atom. The molecule has 0 spiro atoms. The van der Waals surface area contributed by atoms with Crippen LogP contribution in [0.2, 0.25) is 0 Å². The lowest BCUT2D eigenvalue weighted by Crippen LogP contribution is -2.37. The third-order valence-electron chi connectivity index (χ3n) is 2.62. The minimum atomic E-state index is -1.57. The average Bonchev–Trinajstić information content (AvgIpc) is 2.35.